The molecule has 0 spiro atoms. The largest absolute Gasteiger partial charge is 1.00 e. The summed E-state index contributed by atoms with van der Waals surface area (Å²) < 4.78 is 0. The maximum atomic E-state index is 3.38. The number of alkyl halides is 1. The van der Waals surface area contributed by atoms with Crippen LogP contribution in [0.3, 0.4) is 0 Å². The Morgan fingerprint density at radius 2 is 1.64 bits per heavy atom. The van der Waals surface area contributed by atoms with Gasteiger partial charge in [0.15, 0.2) is 0 Å². The Balaban J connectivity index is -0.0000000817. The number of halogens is 2. The minimum absolute atomic E-state index is 0. The van der Waals surface area contributed by atoms with Crippen molar-refractivity contribution >= 4 is 15.9 Å². The molecule has 1 nitrogen and oxygen atoms in total. The molecule has 0 saturated heterocycles. The molecule has 0 aliphatic carbocycles. The number of nitrogens with zero attached hydrogens (tertiary/aromatic N) is 1. The van der Waals surface area contributed by atoms with Gasteiger partial charge in [-0.3, -0.25) is 0 Å². The van der Waals surface area contributed by atoms with Gasteiger partial charge >= 0.3 is 18.9 Å². The Labute approximate surface area is 110 Å². The van der Waals surface area contributed by atoms with Gasteiger partial charge in [0.1, 0.15) is 0 Å². The monoisotopic (exact) mass is 285 g/mol. The molecular weight excluding hydrogens is 274 g/mol. The molecule has 0 radical (unpaired) electrons. The molecule has 0 aromatic heterocycles. The summed E-state index contributed by atoms with van der Waals surface area (Å²) in [5, 5.41) is 1.14. The fourth-order valence-electron chi connectivity index (χ4n) is 0.523. The molecule has 0 aromatic carbocycles. The molecule has 0 aliphatic rings. The normalized spacial score (nSPS) is 7.64. The van der Waals surface area contributed by atoms with Gasteiger partial charge in [0, 0.05) is 24.8 Å². The maximum Gasteiger partial charge on any atom is 1.00 e. The third kappa shape index (κ3) is 24.5. The van der Waals surface area contributed by atoms with Gasteiger partial charge < -0.3 is 17.3 Å². The van der Waals surface area contributed by atoms with Crippen molar-refractivity contribution in [3.05, 3.63) is 0 Å². The van der Waals surface area contributed by atoms with Crippen LogP contribution in [0.1, 0.15) is 12.8 Å². The molecule has 0 heterocycles. The van der Waals surface area contributed by atoms with Crippen molar-refractivity contribution in [1.29, 1.82) is 0 Å². The van der Waals surface area contributed by atoms with E-state index in [4.69, 9.17) is 0 Å². The summed E-state index contributed by atoms with van der Waals surface area (Å²) in [6.07, 6.45) is 2.59. The molecule has 0 fully saturated rings. The minimum atomic E-state index is 0. The SMILES string of the molecule is CN(C)CCCCBr.[Cl-].[Li+].[Zn]. The van der Waals surface area contributed by atoms with Gasteiger partial charge in [-0.05, 0) is 33.5 Å². The summed E-state index contributed by atoms with van der Waals surface area (Å²) in [4.78, 5) is 2.21. The van der Waals surface area contributed by atoms with Gasteiger partial charge in [0.25, 0.3) is 0 Å². The molecule has 0 unspecified atom stereocenters. The van der Waals surface area contributed by atoms with Crippen LogP contribution >= 0.6 is 15.9 Å². The van der Waals surface area contributed by atoms with Gasteiger partial charge in [-0.25, -0.2) is 0 Å². The Bertz CT molecular complexity index is 59.8. The first kappa shape index (κ1) is 23.1. The molecule has 0 saturated carbocycles. The van der Waals surface area contributed by atoms with E-state index in [2.05, 4.69) is 34.9 Å². The van der Waals surface area contributed by atoms with Crippen LogP contribution in [0.2, 0.25) is 0 Å². The smallest absolute Gasteiger partial charge is 1.00 e. The van der Waals surface area contributed by atoms with Gasteiger partial charge in [-0.1, -0.05) is 15.9 Å². The fourth-order valence-corrected chi connectivity index (χ4v) is 0.919. The third-order valence-corrected chi connectivity index (χ3v) is 1.55. The standard InChI is InChI=1S/C6H14BrN.ClH.Li.Zn/c1-8(2)6-4-3-5-7;;;/h3-6H2,1-2H3;1H;;/q;;+1;/p-1. The number of unbranched alkanes of at least 4 members (excludes halogenated alkanes) is 1. The van der Waals surface area contributed by atoms with Crippen molar-refractivity contribution in [2.45, 2.75) is 12.8 Å². The van der Waals surface area contributed by atoms with Crippen LogP contribution in [0.15, 0.2) is 0 Å². The van der Waals surface area contributed by atoms with Crippen molar-refractivity contribution in [3.8, 4) is 0 Å². The zero-order chi connectivity index (χ0) is 6.41. The minimum Gasteiger partial charge on any atom is -1.00 e. The summed E-state index contributed by atoms with van der Waals surface area (Å²) >= 11 is 3.38. The van der Waals surface area contributed by atoms with Crippen LogP contribution in [0.4, 0.5) is 0 Å². The summed E-state index contributed by atoms with van der Waals surface area (Å²) in [7, 11) is 4.21. The molecule has 0 N–H and O–H groups in total. The van der Waals surface area contributed by atoms with Crippen molar-refractivity contribution in [3.63, 3.8) is 0 Å². The predicted molar refractivity (Wildman–Crippen MR) is 41.6 cm³/mol. The first-order chi connectivity index (χ1) is 3.77. The van der Waals surface area contributed by atoms with Crippen molar-refractivity contribution in [2.75, 3.05) is 26.0 Å². The van der Waals surface area contributed by atoms with Crippen molar-refractivity contribution < 1.29 is 50.7 Å². The van der Waals surface area contributed by atoms with Crippen LogP contribution in [-0.2, 0) is 19.5 Å². The first-order valence-electron chi connectivity index (χ1n) is 2.98. The van der Waals surface area contributed by atoms with E-state index >= 15 is 0 Å². The quantitative estimate of drug-likeness (QED) is 0.288. The predicted octanol–water partition coefficient (Wildman–Crippen LogP) is -4.27. The Hall–Kier alpha value is 1.95. The second-order valence-electron chi connectivity index (χ2n) is 2.20. The molecule has 0 amide bonds. The van der Waals surface area contributed by atoms with E-state index in [1.54, 1.807) is 0 Å². The van der Waals surface area contributed by atoms with Gasteiger partial charge in [0.2, 0.25) is 0 Å². The van der Waals surface area contributed by atoms with Crippen LogP contribution < -0.4 is 31.3 Å². The van der Waals surface area contributed by atoms with E-state index in [1.807, 2.05) is 0 Å². The summed E-state index contributed by atoms with van der Waals surface area (Å²) in [6, 6.07) is 0. The van der Waals surface area contributed by atoms with Crippen molar-refractivity contribution in [2.24, 2.45) is 0 Å². The Morgan fingerprint density at radius 1 is 1.18 bits per heavy atom. The van der Waals surface area contributed by atoms with Crippen molar-refractivity contribution in [1.82, 2.24) is 4.90 Å². The maximum absolute atomic E-state index is 3.38. The van der Waals surface area contributed by atoms with Gasteiger partial charge in [-0.2, -0.15) is 0 Å². The van der Waals surface area contributed by atoms with E-state index in [0.717, 1.165) is 5.33 Å². The molecule has 0 rings (SSSR count). The summed E-state index contributed by atoms with van der Waals surface area (Å²) in [6.45, 7) is 1.21. The van der Waals surface area contributed by atoms with Crippen LogP contribution in [-0.4, -0.2) is 30.9 Å². The average molecular weight is 288 g/mol. The Kier molecular flexibility index (Phi) is 37.5. The Morgan fingerprint density at radius 3 is 1.91 bits per heavy atom. The van der Waals surface area contributed by atoms with E-state index in [9.17, 15) is 0 Å². The summed E-state index contributed by atoms with van der Waals surface area (Å²) in [5.74, 6) is 0. The molecule has 11 heavy (non-hydrogen) atoms. The van der Waals surface area contributed by atoms with Gasteiger partial charge in [0.05, 0.1) is 0 Å². The molecule has 5 heteroatoms. The summed E-state index contributed by atoms with van der Waals surface area (Å²) in [5.41, 5.74) is 0. The first-order valence-corrected chi connectivity index (χ1v) is 4.10. The fraction of sp³-hybridized carbons (Fsp3) is 1.00. The van der Waals surface area contributed by atoms with Gasteiger partial charge in [-0.15, -0.1) is 0 Å². The van der Waals surface area contributed by atoms with E-state index < -0.39 is 0 Å². The second-order valence-corrected chi connectivity index (χ2v) is 2.99. The van der Waals surface area contributed by atoms with Crippen LogP contribution in [0.5, 0.6) is 0 Å². The van der Waals surface area contributed by atoms with Crippen LogP contribution in [0.25, 0.3) is 0 Å². The number of hydrogen-bond acceptors (Lipinski definition) is 1. The zero-order valence-corrected chi connectivity index (χ0v) is 13.0. The van der Waals surface area contributed by atoms with E-state index in [0.29, 0.717) is 0 Å². The molecule has 0 atom stereocenters. The molecule has 0 bridgehead atoms. The molecule has 0 aromatic rings. The molecular formula is C6H14BrClLiNZn. The number of rotatable bonds is 4. The second kappa shape index (κ2) is 17.9. The average Bonchev–Trinajstić information content (AvgIpc) is 1.66. The third-order valence-electron chi connectivity index (χ3n) is 0.989. The zero-order valence-electron chi connectivity index (χ0n) is 7.74. The van der Waals surface area contributed by atoms with Crippen LogP contribution in [0, 0.1) is 0 Å². The molecule has 60 valence electrons. The molecule has 0 aliphatic heterocycles. The van der Waals surface area contributed by atoms with E-state index in [1.165, 1.54) is 19.4 Å². The number of hydrogen-bond donors (Lipinski definition) is 0. The topological polar surface area (TPSA) is 3.24 Å². The van der Waals surface area contributed by atoms with E-state index in [-0.39, 0.29) is 50.7 Å².